The zero-order chi connectivity index (χ0) is 16.2. The van der Waals surface area contributed by atoms with Gasteiger partial charge in [-0.1, -0.05) is 53.5 Å². The molecule has 0 saturated heterocycles. The molecule has 116 valence electrons. The molecule has 2 aromatic carbocycles. The van der Waals surface area contributed by atoms with Gasteiger partial charge in [-0.3, -0.25) is 0 Å². The molecular formula is C16H15Cl2NO2S. The number of hydrogen-bond donors (Lipinski definition) is 1. The molecule has 0 radical (unpaired) electrons. The third-order valence-electron chi connectivity index (χ3n) is 3.02. The third kappa shape index (κ3) is 4.85. The van der Waals surface area contributed by atoms with Crippen LogP contribution in [0.2, 0.25) is 10.0 Å². The second-order valence-corrected chi connectivity index (χ2v) is 7.20. The molecule has 0 heterocycles. The van der Waals surface area contributed by atoms with Gasteiger partial charge >= 0.3 is 0 Å². The van der Waals surface area contributed by atoms with Gasteiger partial charge in [0.2, 0.25) is 10.0 Å². The molecule has 1 atom stereocenters. The molecule has 2 aromatic rings. The van der Waals surface area contributed by atoms with E-state index in [2.05, 4.69) is 4.72 Å². The summed E-state index contributed by atoms with van der Waals surface area (Å²) in [5.41, 5.74) is 1.48. The number of benzene rings is 2. The van der Waals surface area contributed by atoms with E-state index in [1.54, 1.807) is 49.4 Å². The highest BCUT2D eigenvalue weighted by Gasteiger charge is 2.14. The largest absolute Gasteiger partial charge is 0.234 e. The molecule has 0 aliphatic carbocycles. The summed E-state index contributed by atoms with van der Waals surface area (Å²) in [4.78, 5) is 0. The summed E-state index contributed by atoms with van der Waals surface area (Å²) >= 11 is 11.9. The summed E-state index contributed by atoms with van der Waals surface area (Å²) in [7, 11) is -3.58. The second kappa shape index (κ2) is 7.29. The Kier molecular flexibility index (Phi) is 5.64. The number of halogens is 2. The Morgan fingerprint density at radius 3 is 2.32 bits per heavy atom. The average Bonchev–Trinajstić information content (AvgIpc) is 2.46. The quantitative estimate of drug-likeness (QED) is 0.848. The molecule has 0 aromatic heterocycles. The monoisotopic (exact) mass is 355 g/mol. The average molecular weight is 356 g/mol. The first kappa shape index (κ1) is 17.0. The van der Waals surface area contributed by atoms with E-state index >= 15 is 0 Å². The van der Waals surface area contributed by atoms with Crippen molar-refractivity contribution < 1.29 is 8.42 Å². The van der Waals surface area contributed by atoms with Crippen LogP contribution in [0.15, 0.2) is 53.9 Å². The van der Waals surface area contributed by atoms with Gasteiger partial charge in [0.1, 0.15) is 0 Å². The van der Waals surface area contributed by atoms with Crippen LogP contribution in [0.5, 0.6) is 0 Å². The Morgan fingerprint density at radius 1 is 1.05 bits per heavy atom. The van der Waals surface area contributed by atoms with Crippen molar-refractivity contribution in [2.24, 2.45) is 0 Å². The van der Waals surface area contributed by atoms with Crippen LogP contribution in [-0.4, -0.2) is 8.42 Å². The summed E-state index contributed by atoms with van der Waals surface area (Å²) < 4.78 is 26.8. The van der Waals surface area contributed by atoms with Crippen molar-refractivity contribution in [3.8, 4) is 0 Å². The first-order valence-electron chi connectivity index (χ1n) is 6.58. The van der Waals surface area contributed by atoms with Gasteiger partial charge in [-0.25, -0.2) is 13.1 Å². The van der Waals surface area contributed by atoms with Gasteiger partial charge in [-0.2, -0.15) is 0 Å². The van der Waals surface area contributed by atoms with Gasteiger partial charge in [0.25, 0.3) is 0 Å². The van der Waals surface area contributed by atoms with Crippen LogP contribution in [0, 0.1) is 0 Å². The molecule has 2 rings (SSSR count). The Morgan fingerprint density at radius 2 is 1.68 bits per heavy atom. The summed E-state index contributed by atoms with van der Waals surface area (Å²) in [5.74, 6) is 0. The van der Waals surface area contributed by atoms with E-state index in [4.69, 9.17) is 23.2 Å². The highest BCUT2D eigenvalue weighted by Crippen LogP contribution is 2.23. The molecule has 22 heavy (non-hydrogen) atoms. The van der Waals surface area contributed by atoms with Gasteiger partial charge < -0.3 is 0 Å². The smallest absolute Gasteiger partial charge is 0.208 e. The van der Waals surface area contributed by atoms with Gasteiger partial charge in [0.15, 0.2) is 0 Å². The van der Waals surface area contributed by atoms with Crippen molar-refractivity contribution in [1.29, 1.82) is 0 Å². The minimum atomic E-state index is -3.58. The van der Waals surface area contributed by atoms with Crippen LogP contribution in [0.25, 0.3) is 6.08 Å². The van der Waals surface area contributed by atoms with Crippen LogP contribution in [0.1, 0.15) is 24.1 Å². The second-order valence-electron chi connectivity index (χ2n) is 4.76. The van der Waals surface area contributed by atoms with Gasteiger partial charge in [-0.15, -0.1) is 0 Å². The predicted molar refractivity (Wildman–Crippen MR) is 92.4 cm³/mol. The number of sulfonamides is 1. The summed E-state index contributed by atoms with van der Waals surface area (Å²) in [6, 6.07) is 13.6. The molecule has 0 saturated carbocycles. The lowest BCUT2D eigenvalue weighted by Gasteiger charge is -2.14. The standard InChI is InChI=1S/C16H15Cl2NO2S/c1-12(15-4-2-3-5-16(15)18)19-22(20,21)11-10-13-6-8-14(17)9-7-13/h2-12,19H,1H3/b11-10+. The normalized spacial score (nSPS) is 13.4. The van der Waals surface area contributed by atoms with E-state index in [9.17, 15) is 8.42 Å². The maximum atomic E-state index is 12.1. The van der Waals surface area contributed by atoms with E-state index in [1.165, 1.54) is 6.08 Å². The fourth-order valence-electron chi connectivity index (χ4n) is 1.92. The number of rotatable bonds is 5. The minimum Gasteiger partial charge on any atom is -0.208 e. The molecule has 6 heteroatoms. The van der Waals surface area contributed by atoms with E-state index < -0.39 is 16.1 Å². The molecule has 0 fully saturated rings. The first-order chi connectivity index (χ1) is 10.4. The molecule has 1 unspecified atom stereocenters. The van der Waals surface area contributed by atoms with Crippen LogP contribution in [-0.2, 0) is 10.0 Å². The van der Waals surface area contributed by atoms with Crippen LogP contribution in [0.4, 0.5) is 0 Å². The van der Waals surface area contributed by atoms with Gasteiger partial charge in [-0.05, 0) is 42.3 Å². The molecule has 3 nitrogen and oxygen atoms in total. The Hall–Kier alpha value is -1.33. The Balaban J connectivity index is 2.11. The first-order valence-corrected chi connectivity index (χ1v) is 8.88. The molecule has 0 spiro atoms. The van der Waals surface area contributed by atoms with Crippen molar-refractivity contribution in [2.75, 3.05) is 0 Å². The van der Waals surface area contributed by atoms with Crippen LogP contribution >= 0.6 is 23.2 Å². The van der Waals surface area contributed by atoms with Gasteiger partial charge in [0, 0.05) is 21.5 Å². The zero-order valence-electron chi connectivity index (χ0n) is 11.8. The van der Waals surface area contributed by atoms with Gasteiger partial charge in [0.05, 0.1) is 0 Å². The predicted octanol–water partition coefficient (Wildman–Crippen LogP) is 4.64. The molecular weight excluding hydrogens is 341 g/mol. The lowest BCUT2D eigenvalue weighted by Crippen LogP contribution is -2.24. The van der Waals surface area contributed by atoms with Crippen LogP contribution in [0.3, 0.4) is 0 Å². The highest BCUT2D eigenvalue weighted by molar-refractivity contribution is 7.92. The Labute approximate surface area is 140 Å². The van der Waals surface area contributed by atoms with Crippen LogP contribution < -0.4 is 4.72 Å². The van der Waals surface area contributed by atoms with E-state index in [0.717, 1.165) is 16.5 Å². The topological polar surface area (TPSA) is 46.2 Å². The summed E-state index contributed by atoms with van der Waals surface area (Å²) in [6.07, 6.45) is 1.51. The van der Waals surface area contributed by atoms with E-state index in [0.29, 0.717) is 10.0 Å². The lowest BCUT2D eigenvalue weighted by molar-refractivity contribution is 0.576. The molecule has 0 aliphatic heterocycles. The minimum absolute atomic E-state index is 0.423. The van der Waals surface area contributed by atoms with Crippen molar-refractivity contribution in [3.05, 3.63) is 75.1 Å². The van der Waals surface area contributed by atoms with Crippen molar-refractivity contribution >= 4 is 39.3 Å². The lowest BCUT2D eigenvalue weighted by atomic mass is 10.1. The molecule has 0 amide bonds. The molecule has 0 aliphatic rings. The number of hydrogen-bond acceptors (Lipinski definition) is 2. The number of nitrogens with one attached hydrogen (secondary N) is 1. The van der Waals surface area contributed by atoms with E-state index in [-0.39, 0.29) is 0 Å². The zero-order valence-corrected chi connectivity index (χ0v) is 14.2. The van der Waals surface area contributed by atoms with Crippen molar-refractivity contribution in [2.45, 2.75) is 13.0 Å². The molecule has 0 bridgehead atoms. The fourth-order valence-corrected chi connectivity index (χ4v) is 3.38. The van der Waals surface area contributed by atoms with Crippen molar-refractivity contribution in [3.63, 3.8) is 0 Å². The maximum Gasteiger partial charge on any atom is 0.234 e. The molecule has 1 N–H and O–H groups in total. The summed E-state index contributed by atoms with van der Waals surface area (Å²) in [5, 5.41) is 2.26. The maximum absolute atomic E-state index is 12.1. The fraction of sp³-hybridized carbons (Fsp3) is 0.125. The van der Waals surface area contributed by atoms with E-state index in [1.807, 2.05) is 6.07 Å². The SMILES string of the molecule is CC(NS(=O)(=O)/C=C/c1ccc(Cl)cc1)c1ccccc1Cl. The Bertz CT molecular complexity index is 771. The van der Waals surface area contributed by atoms with Crippen molar-refractivity contribution in [1.82, 2.24) is 4.72 Å². The summed E-state index contributed by atoms with van der Waals surface area (Å²) in [6.45, 7) is 1.74. The highest BCUT2D eigenvalue weighted by atomic mass is 35.5. The third-order valence-corrected chi connectivity index (χ3v) is 4.80.